The predicted octanol–water partition coefficient (Wildman–Crippen LogP) is 4.28. The van der Waals surface area contributed by atoms with Crippen molar-refractivity contribution in [1.82, 2.24) is 19.7 Å². The van der Waals surface area contributed by atoms with E-state index >= 15 is 0 Å². The van der Waals surface area contributed by atoms with Crippen LogP contribution >= 0.6 is 11.8 Å². The molecule has 0 aliphatic heterocycles. The summed E-state index contributed by atoms with van der Waals surface area (Å²) in [5, 5.41) is 12.6. The van der Waals surface area contributed by atoms with Gasteiger partial charge in [0.05, 0.1) is 5.75 Å². The van der Waals surface area contributed by atoms with Crippen LogP contribution in [0.3, 0.4) is 0 Å². The lowest BCUT2D eigenvalue weighted by Crippen LogP contribution is -2.16. The third kappa shape index (κ3) is 3.94. The normalized spacial score (nSPS) is 13.5. The molecule has 2 aromatic heterocycles. The van der Waals surface area contributed by atoms with Crippen molar-refractivity contribution in [3.8, 4) is 11.4 Å². The van der Waals surface area contributed by atoms with E-state index in [1.165, 1.54) is 11.8 Å². The lowest BCUT2D eigenvalue weighted by atomic mass is 10.1. The molecule has 1 saturated carbocycles. The molecule has 1 fully saturated rings. The Morgan fingerprint density at radius 2 is 2.11 bits per heavy atom. The number of benzene rings is 1. The summed E-state index contributed by atoms with van der Waals surface area (Å²) in [5.41, 5.74) is 4.11. The Kier molecular flexibility index (Phi) is 5.43. The number of thioether (sulfide) groups is 1. The van der Waals surface area contributed by atoms with E-state index in [-0.39, 0.29) is 5.91 Å². The van der Waals surface area contributed by atoms with E-state index in [2.05, 4.69) is 38.1 Å². The Morgan fingerprint density at radius 3 is 2.82 bits per heavy atom. The molecule has 1 aliphatic rings. The molecule has 1 N–H and O–H groups in total. The zero-order chi connectivity index (χ0) is 19.5. The van der Waals surface area contributed by atoms with Crippen molar-refractivity contribution in [3.63, 3.8) is 0 Å². The number of hydrogen-bond acceptors (Lipinski definition) is 5. The second-order valence-corrected chi connectivity index (χ2v) is 7.89. The highest BCUT2D eigenvalue weighted by Crippen LogP contribution is 2.40. The predicted molar refractivity (Wildman–Crippen MR) is 111 cm³/mol. The summed E-state index contributed by atoms with van der Waals surface area (Å²) >= 11 is 1.43. The molecule has 144 valence electrons. The average molecular weight is 394 g/mol. The van der Waals surface area contributed by atoms with Crippen LogP contribution in [0.1, 0.15) is 36.9 Å². The first-order valence-corrected chi connectivity index (χ1v) is 10.5. The summed E-state index contributed by atoms with van der Waals surface area (Å²) in [6.07, 6.45) is 6.67. The van der Waals surface area contributed by atoms with Gasteiger partial charge in [-0.2, -0.15) is 0 Å². The molecular weight excluding hydrogens is 370 g/mol. The number of amides is 1. The molecule has 2 heterocycles. The maximum Gasteiger partial charge on any atom is 0.234 e. The minimum atomic E-state index is -0.0257. The highest BCUT2D eigenvalue weighted by Gasteiger charge is 2.30. The second kappa shape index (κ2) is 8.14. The molecule has 0 spiro atoms. The first kappa shape index (κ1) is 18.7. The molecule has 7 heteroatoms. The maximum atomic E-state index is 12.6. The Morgan fingerprint density at radius 1 is 1.25 bits per heavy atom. The average Bonchev–Trinajstić information content (AvgIpc) is 3.47. The van der Waals surface area contributed by atoms with Gasteiger partial charge in [0.15, 0.2) is 11.0 Å². The van der Waals surface area contributed by atoms with Crippen LogP contribution in [0.5, 0.6) is 0 Å². The van der Waals surface area contributed by atoms with Crippen LogP contribution in [0.25, 0.3) is 11.4 Å². The molecule has 1 amide bonds. The first-order chi connectivity index (χ1) is 13.7. The molecule has 28 heavy (non-hydrogen) atoms. The Labute approximate surface area is 168 Å². The zero-order valence-corrected chi connectivity index (χ0v) is 16.9. The largest absolute Gasteiger partial charge is 0.325 e. The SMILES string of the molecule is CCc1cccc(C)c1NC(=O)CSc1nnc(-c2cccnc2)n1C1CC1. The van der Waals surface area contributed by atoms with E-state index in [9.17, 15) is 4.79 Å². The summed E-state index contributed by atoms with van der Waals surface area (Å²) < 4.78 is 2.15. The zero-order valence-electron chi connectivity index (χ0n) is 16.1. The van der Waals surface area contributed by atoms with Gasteiger partial charge in [-0.3, -0.25) is 14.3 Å². The second-order valence-electron chi connectivity index (χ2n) is 6.95. The minimum absolute atomic E-state index is 0.0257. The maximum absolute atomic E-state index is 12.6. The van der Waals surface area contributed by atoms with Gasteiger partial charge in [0.25, 0.3) is 0 Å². The fourth-order valence-corrected chi connectivity index (χ4v) is 4.04. The fraction of sp³-hybridized carbons (Fsp3) is 0.333. The van der Waals surface area contributed by atoms with Crippen LogP contribution in [0, 0.1) is 6.92 Å². The Balaban J connectivity index is 1.49. The van der Waals surface area contributed by atoms with Crippen molar-refractivity contribution in [2.75, 3.05) is 11.1 Å². The summed E-state index contributed by atoms with van der Waals surface area (Å²) in [6.45, 7) is 4.11. The minimum Gasteiger partial charge on any atom is -0.325 e. The van der Waals surface area contributed by atoms with Crippen molar-refractivity contribution >= 4 is 23.4 Å². The van der Waals surface area contributed by atoms with Gasteiger partial charge < -0.3 is 5.32 Å². The molecule has 4 rings (SSSR count). The van der Waals surface area contributed by atoms with Crippen LogP contribution in [0.15, 0.2) is 47.9 Å². The van der Waals surface area contributed by atoms with Crippen molar-refractivity contribution in [1.29, 1.82) is 0 Å². The number of para-hydroxylation sites is 1. The van der Waals surface area contributed by atoms with Gasteiger partial charge in [0.1, 0.15) is 0 Å². The summed E-state index contributed by atoms with van der Waals surface area (Å²) in [4.78, 5) is 16.8. The number of hydrogen-bond donors (Lipinski definition) is 1. The van der Waals surface area contributed by atoms with Gasteiger partial charge in [0, 0.05) is 29.7 Å². The Bertz CT molecular complexity index is 982. The number of nitrogens with one attached hydrogen (secondary N) is 1. The van der Waals surface area contributed by atoms with Crippen LogP contribution in [-0.2, 0) is 11.2 Å². The molecule has 6 nitrogen and oxygen atoms in total. The molecular formula is C21H23N5OS. The van der Waals surface area contributed by atoms with Crippen molar-refractivity contribution in [2.45, 2.75) is 44.3 Å². The lowest BCUT2D eigenvalue weighted by molar-refractivity contribution is -0.113. The number of aromatic nitrogens is 4. The van der Waals surface area contributed by atoms with Gasteiger partial charge in [-0.1, -0.05) is 36.9 Å². The number of rotatable bonds is 7. The smallest absolute Gasteiger partial charge is 0.234 e. The van der Waals surface area contributed by atoms with E-state index in [1.54, 1.807) is 12.4 Å². The molecule has 0 bridgehead atoms. The number of nitrogens with zero attached hydrogens (tertiary/aromatic N) is 4. The number of pyridine rings is 1. The summed E-state index contributed by atoms with van der Waals surface area (Å²) in [6, 6.07) is 10.4. The molecule has 0 saturated heterocycles. The number of aryl methyl sites for hydroxylation is 2. The third-order valence-electron chi connectivity index (χ3n) is 4.83. The van der Waals surface area contributed by atoms with Crippen molar-refractivity contribution in [2.24, 2.45) is 0 Å². The third-order valence-corrected chi connectivity index (χ3v) is 5.78. The van der Waals surface area contributed by atoms with Crippen molar-refractivity contribution in [3.05, 3.63) is 53.9 Å². The van der Waals surface area contributed by atoms with E-state index in [4.69, 9.17) is 0 Å². The highest BCUT2D eigenvalue weighted by atomic mass is 32.2. The van der Waals surface area contributed by atoms with Crippen LogP contribution in [-0.4, -0.2) is 31.4 Å². The monoisotopic (exact) mass is 393 g/mol. The van der Waals surface area contributed by atoms with E-state index in [1.807, 2.05) is 31.2 Å². The van der Waals surface area contributed by atoms with Crippen LogP contribution in [0.2, 0.25) is 0 Å². The number of carbonyl (C=O) groups is 1. The van der Waals surface area contributed by atoms with Crippen molar-refractivity contribution < 1.29 is 4.79 Å². The first-order valence-electron chi connectivity index (χ1n) is 9.53. The molecule has 3 aromatic rings. The van der Waals surface area contributed by atoms with E-state index < -0.39 is 0 Å². The van der Waals surface area contributed by atoms with Gasteiger partial charge in [-0.25, -0.2) is 0 Å². The lowest BCUT2D eigenvalue weighted by Gasteiger charge is -2.13. The van der Waals surface area contributed by atoms with Gasteiger partial charge in [-0.05, 0) is 49.4 Å². The molecule has 1 aromatic carbocycles. The molecule has 0 atom stereocenters. The van der Waals surface area contributed by atoms with Gasteiger partial charge in [-0.15, -0.1) is 10.2 Å². The quantitative estimate of drug-likeness (QED) is 0.607. The molecule has 0 unspecified atom stereocenters. The van der Waals surface area contributed by atoms with E-state index in [0.717, 1.165) is 52.6 Å². The molecule has 1 aliphatic carbocycles. The van der Waals surface area contributed by atoms with Crippen LogP contribution in [0.4, 0.5) is 5.69 Å². The Hall–Kier alpha value is -2.67. The highest BCUT2D eigenvalue weighted by molar-refractivity contribution is 7.99. The summed E-state index contributed by atoms with van der Waals surface area (Å²) in [7, 11) is 0. The summed E-state index contributed by atoms with van der Waals surface area (Å²) in [5.74, 6) is 1.10. The van der Waals surface area contributed by atoms with Gasteiger partial charge in [0.2, 0.25) is 5.91 Å². The number of anilines is 1. The van der Waals surface area contributed by atoms with Gasteiger partial charge >= 0.3 is 0 Å². The topological polar surface area (TPSA) is 72.7 Å². The number of carbonyl (C=O) groups excluding carboxylic acids is 1. The fourth-order valence-electron chi connectivity index (χ4n) is 3.24. The molecule has 0 radical (unpaired) electrons. The standard InChI is InChI=1S/C21H23N5OS/c1-3-15-7-4-6-14(2)19(15)23-18(27)13-28-21-25-24-20(26(21)17-9-10-17)16-8-5-11-22-12-16/h4-8,11-12,17H,3,9-10,13H2,1-2H3,(H,23,27). The van der Waals surface area contributed by atoms with Crippen LogP contribution < -0.4 is 5.32 Å². The van der Waals surface area contributed by atoms with E-state index in [0.29, 0.717) is 11.8 Å².